The van der Waals surface area contributed by atoms with Crippen LogP contribution >= 0.6 is 0 Å². The summed E-state index contributed by atoms with van der Waals surface area (Å²) in [7, 11) is 0. The van der Waals surface area contributed by atoms with Crippen molar-refractivity contribution < 1.29 is 9.53 Å². The standard InChI is InChI=1S/C19H24N4O2/c24-18(10-17-15-3-1-2-4-16(15)22-23-17)21-11-14-7-8-20-19(9-14)25-12-13-5-6-13/h7-9,13H,1-6,10-12H2,(H,21,24)(H,22,23). The smallest absolute Gasteiger partial charge is 0.226 e. The van der Waals surface area contributed by atoms with E-state index >= 15 is 0 Å². The van der Waals surface area contributed by atoms with Crippen LogP contribution in [0.4, 0.5) is 0 Å². The van der Waals surface area contributed by atoms with E-state index in [-0.39, 0.29) is 5.91 Å². The number of rotatable bonds is 7. The first-order chi connectivity index (χ1) is 12.3. The van der Waals surface area contributed by atoms with Crippen LogP contribution in [0.15, 0.2) is 18.3 Å². The number of hydrogen-bond acceptors (Lipinski definition) is 4. The van der Waals surface area contributed by atoms with E-state index in [4.69, 9.17) is 4.74 Å². The average Bonchev–Trinajstić information content (AvgIpc) is 3.39. The molecule has 0 unspecified atom stereocenters. The Bertz CT molecular complexity index is 752. The third kappa shape index (κ3) is 4.18. The van der Waals surface area contributed by atoms with Crippen molar-refractivity contribution in [3.8, 4) is 5.88 Å². The van der Waals surface area contributed by atoms with Gasteiger partial charge in [-0.25, -0.2) is 4.98 Å². The molecule has 2 aliphatic carbocycles. The summed E-state index contributed by atoms with van der Waals surface area (Å²) in [6.07, 6.45) is 9.04. The summed E-state index contributed by atoms with van der Waals surface area (Å²) in [5, 5.41) is 10.4. The fraction of sp³-hybridized carbons (Fsp3) is 0.526. The molecule has 2 aliphatic rings. The number of aromatic nitrogens is 3. The number of carbonyl (C=O) groups excluding carboxylic acids is 1. The van der Waals surface area contributed by atoms with E-state index in [9.17, 15) is 4.79 Å². The fourth-order valence-corrected chi connectivity index (χ4v) is 3.24. The minimum atomic E-state index is -0.00265. The Kier molecular flexibility index (Phi) is 4.68. The third-order valence-electron chi connectivity index (χ3n) is 4.92. The maximum Gasteiger partial charge on any atom is 0.226 e. The van der Waals surface area contributed by atoms with Crippen molar-refractivity contribution in [1.82, 2.24) is 20.5 Å². The molecule has 6 nitrogen and oxygen atoms in total. The van der Waals surface area contributed by atoms with Gasteiger partial charge >= 0.3 is 0 Å². The predicted octanol–water partition coefficient (Wildman–Crippen LogP) is 2.33. The van der Waals surface area contributed by atoms with Gasteiger partial charge < -0.3 is 10.1 Å². The van der Waals surface area contributed by atoms with Crippen molar-refractivity contribution in [1.29, 1.82) is 0 Å². The molecule has 1 saturated carbocycles. The van der Waals surface area contributed by atoms with Crippen molar-refractivity contribution in [2.45, 2.75) is 51.5 Å². The Morgan fingerprint density at radius 3 is 3.08 bits per heavy atom. The highest BCUT2D eigenvalue weighted by Gasteiger charge is 2.22. The molecule has 1 fully saturated rings. The molecule has 2 aromatic heterocycles. The van der Waals surface area contributed by atoms with E-state index in [1.54, 1.807) is 6.20 Å². The van der Waals surface area contributed by atoms with Crippen LogP contribution in [0.25, 0.3) is 0 Å². The zero-order valence-corrected chi connectivity index (χ0v) is 14.4. The Morgan fingerprint density at radius 2 is 2.20 bits per heavy atom. The third-order valence-corrected chi connectivity index (χ3v) is 4.92. The molecule has 0 bridgehead atoms. The molecule has 0 saturated heterocycles. The molecule has 0 aromatic carbocycles. The summed E-state index contributed by atoms with van der Waals surface area (Å²) in [6.45, 7) is 1.22. The molecule has 0 radical (unpaired) electrons. The molecule has 1 amide bonds. The van der Waals surface area contributed by atoms with E-state index < -0.39 is 0 Å². The fourth-order valence-electron chi connectivity index (χ4n) is 3.24. The van der Waals surface area contributed by atoms with Crippen LogP contribution in [-0.2, 0) is 30.6 Å². The van der Waals surface area contributed by atoms with Gasteiger partial charge in [0.15, 0.2) is 0 Å². The molecular formula is C19H24N4O2. The molecule has 4 rings (SSSR count). The number of H-pyrrole nitrogens is 1. The van der Waals surface area contributed by atoms with E-state index in [0.29, 0.717) is 24.8 Å². The Balaban J connectivity index is 1.29. The van der Waals surface area contributed by atoms with Gasteiger partial charge in [0.1, 0.15) is 0 Å². The molecule has 132 valence electrons. The molecule has 2 heterocycles. The molecular weight excluding hydrogens is 316 g/mol. The summed E-state index contributed by atoms with van der Waals surface area (Å²) in [6, 6.07) is 3.81. The highest BCUT2D eigenvalue weighted by Crippen LogP contribution is 2.29. The Morgan fingerprint density at radius 1 is 1.32 bits per heavy atom. The van der Waals surface area contributed by atoms with Crippen LogP contribution in [0.1, 0.15) is 48.2 Å². The van der Waals surface area contributed by atoms with E-state index in [1.807, 2.05) is 12.1 Å². The molecule has 0 aliphatic heterocycles. The lowest BCUT2D eigenvalue weighted by atomic mass is 9.95. The number of carbonyl (C=O) groups is 1. The van der Waals surface area contributed by atoms with Crippen LogP contribution in [0.3, 0.4) is 0 Å². The van der Waals surface area contributed by atoms with Gasteiger partial charge in [0, 0.05) is 24.5 Å². The molecule has 2 N–H and O–H groups in total. The summed E-state index contributed by atoms with van der Waals surface area (Å²) in [5.74, 6) is 1.34. The molecule has 2 aromatic rings. The summed E-state index contributed by atoms with van der Waals surface area (Å²) < 4.78 is 5.69. The van der Waals surface area contributed by atoms with Crippen molar-refractivity contribution >= 4 is 5.91 Å². The number of nitrogens with one attached hydrogen (secondary N) is 2. The van der Waals surface area contributed by atoms with E-state index in [0.717, 1.165) is 30.7 Å². The Hall–Kier alpha value is -2.37. The van der Waals surface area contributed by atoms with Crippen molar-refractivity contribution in [3.05, 3.63) is 40.8 Å². The van der Waals surface area contributed by atoms with Gasteiger partial charge in [-0.05, 0) is 61.6 Å². The minimum Gasteiger partial charge on any atom is -0.477 e. The summed E-state index contributed by atoms with van der Waals surface area (Å²) in [4.78, 5) is 16.5. The number of aromatic amines is 1. The van der Waals surface area contributed by atoms with Gasteiger partial charge in [-0.3, -0.25) is 9.89 Å². The maximum atomic E-state index is 12.3. The van der Waals surface area contributed by atoms with Gasteiger partial charge in [0.25, 0.3) is 0 Å². The average molecular weight is 340 g/mol. The van der Waals surface area contributed by atoms with Crippen LogP contribution in [-0.4, -0.2) is 27.7 Å². The van der Waals surface area contributed by atoms with Crippen molar-refractivity contribution in [2.24, 2.45) is 5.92 Å². The lowest BCUT2D eigenvalue weighted by molar-refractivity contribution is -0.120. The van der Waals surface area contributed by atoms with Crippen LogP contribution < -0.4 is 10.1 Å². The highest BCUT2D eigenvalue weighted by molar-refractivity contribution is 5.78. The Labute approximate surface area is 147 Å². The zero-order chi connectivity index (χ0) is 17.1. The lowest BCUT2D eigenvalue weighted by Gasteiger charge is -2.11. The van der Waals surface area contributed by atoms with Gasteiger partial charge in [-0.15, -0.1) is 0 Å². The number of amides is 1. The SMILES string of the molecule is O=C(Cc1n[nH]c2c1CCCC2)NCc1ccnc(OCC2CC2)c1. The number of nitrogens with zero attached hydrogens (tertiary/aromatic N) is 2. The number of aryl methyl sites for hydroxylation is 1. The number of fused-ring (bicyclic) bond motifs is 1. The molecule has 0 atom stereocenters. The maximum absolute atomic E-state index is 12.3. The first kappa shape index (κ1) is 16.1. The first-order valence-corrected chi connectivity index (χ1v) is 9.17. The second-order valence-corrected chi connectivity index (χ2v) is 7.04. The van der Waals surface area contributed by atoms with Crippen LogP contribution in [0, 0.1) is 5.92 Å². The molecule has 0 spiro atoms. The first-order valence-electron chi connectivity index (χ1n) is 9.17. The van der Waals surface area contributed by atoms with Crippen LogP contribution in [0.2, 0.25) is 0 Å². The van der Waals surface area contributed by atoms with Gasteiger partial charge in [-0.1, -0.05) is 0 Å². The van der Waals surface area contributed by atoms with Gasteiger partial charge in [-0.2, -0.15) is 5.10 Å². The highest BCUT2D eigenvalue weighted by atomic mass is 16.5. The largest absolute Gasteiger partial charge is 0.477 e. The minimum absolute atomic E-state index is 0.00265. The number of pyridine rings is 1. The van der Waals surface area contributed by atoms with Gasteiger partial charge in [0.2, 0.25) is 11.8 Å². The van der Waals surface area contributed by atoms with Crippen LogP contribution in [0.5, 0.6) is 5.88 Å². The van der Waals surface area contributed by atoms with Crippen molar-refractivity contribution in [3.63, 3.8) is 0 Å². The summed E-state index contributed by atoms with van der Waals surface area (Å²) >= 11 is 0. The van der Waals surface area contributed by atoms with E-state index in [1.165, 1.54) is 36.9 Å². The van der Waals surface area contributed by atoms with E-state index in [2.05, 4.69) is 20.5 Å². The molecule has 25 heavy (non-hydrogen) atoms. The zero-order valence-electron chi connectivity index (χ0n) is 14.4. The summed E-state index contributed by atoms with van der Waals surface area (Å²) in [5.41, 5.74) is 4.36. The second-order valence-electron chi connectivity index (χ2n) is 7.04. The lowest BCUT2D eigenvalue weighted by Crippen LogP contribution is -2.25. The quantitative estimate of drug-likeness (QED) is 0.811. The topological polar surface area (TPSA) is 79.9 Å². The molecule has 6 heteroatoms. The monoisotopic (exact) mass is 340 g/mol. The van der Waals surface area contributed by atoms with Gasteiger partial charge in [0.05, 0.1) is 18.7 Å². The second kappa shape index (κ2) is 7.25. The predicted molar refractivity (Wildman–Crippen MR) is 93.2 cm³/mol. The normalized spacial score (nSPS) is 16.3. The number of hydrogen-bond donors (Lipinski definition) is 2. The van der Waals surface area contributed by atoms with Crippen molar-refractivity contribution in [2.75, 3.05) is 6.61 Å². The number of ether oxygens (including phenoxy) is 1.